The van der Waals surface area contributed by atoms with Gasteiger partial charge in [-0.05, 0) is 37.2 Å². The molecule has 1 aliphatic heterocycles. The van der Waals surface area contributed by atoms with E-state index in [-0.39, 0.29) is 5.91 Å². The molecule has 1 aliphatic carbocycles. The Balaban J connectivity index is 1.64. The number of carbonyl (C=O) groups excluding carboxylic acids is 1. The Morgan fingerprint density at radius 3 is 2.61 bits per heavy atom. The molecule has 2 fully saturated rings. The first-order valence-electron chi connectivity index (χ1n) is 8.68. The fourth-order valence-electron chi connectivity index (χ4n) is 3.70. The third kappa shape index (κ3) is 3.66. The van der Waals surface area contributed by atoms with Crippen LogP contribution in [0.15, 0.2) is 18.3 Å². The number of hydrogen-bond acceptors (Lipinski definition) is 4. The summed E-state index contributed by atoms with van der Waals surface area (Å²) in [4.78, 5) is 16.4. The normalized spacial score (nSPS) is 21.7. The number of aromatic nitrogens is 1. The van der Waals surface area contributed by atoms with Crippen LogP contribution in [0, 0.1) is 5.92 Å². The summed E-state index contributed by atoms with van der Waals surface area (Å²) < 4.78 is 11.2. The Hall–Kier alpha value is -1.62. The summed E-state index contributed by atoms with van der Waals surface area (Å²) in [7, 11) is 0. The van der Waals surface area contributed by atoms with E-state index >= 15 is 0 Å². The van der Waals surface area contributed by atoms with Crippen molar-refractivity contribution in [2.75, 3.05) is 19.8 Å². The van der Waals surface area contributed by atoms with Crippen molar-refractivity contribution in [2.45, 2.75) is 50.4 Å². The largest absolute Gasteiger partial charge is 0.477 e. The number of nitrogens with two attached hydrogens (primary N) is 1. The molecule has 1 saturated heterocycles. The Bertz CT molecular complexity index is 518. The monoisotopic (exact) mass is 318 g/mol. The van der Waals surface area contributed by atoms with Crippen LogP contribution in [-0.2, 0) is 14.9 Å². The molecule has 0 bridgehead atoms. The minimum absolute atomic E-state index is 0.293. The van der Waals surface area contributed by atoms with Gasteiger partial charge in [0, 0.05) is 25.5 Å². The molecular formula is C18H26N2O3. The summed E-state index contributed by atoms with van der Waals surface area (Å²) in [6.45, 7) is 1.85. The van der Waals surface area contributed by atoms with Gasteiger partial charge in [0.1, 0.15) is 0 Å². The summed E-state index contributed by atoms with van der Waals surface area (Å²) in [5.74, 6) is 0.988. The fourth-order valence-corrected chi connectivity index (χ4v) is 3.70. The summed E-state index contributed by atoms with van der Waals surface area (Å²) in [5, 5.41) is 0. The molecule has 5 nitrogen and oxygen atoms in total. The number of primary amides is 1. The van der Waals surface area contributed by atoms with Gasteiger partial charge in [-0.1, -0.05) is 25.3 Å². The zero-order valence-corrected chi connectivity index (χ0v) is 13.6. The average Bonchev–Trinajstić information content (AvgIpc) is 2.62. The lowest BCUT2D eigenvalue weighted by Gasteiger charge is -2.34. The molecule has 5 heteroatoms. The second-order valence-corrected chi connectivity index (χ2v) is 6.76. The Labute approximate surface area is 137 Å². The predicted molar refractivity (Wildman–Crippen MR) is 87.2 cm³/mol. The minimum atomic E-state index is -0.646. The first-order valence-corrected chi connectivity index (χ1v) is 8.68. The highest BCUT2D eigenvalue weighted by Gasteiger charge is 2.40. The molecule has 23 heavy (non-hydrogen) atoms. The molecule has 0 radical (unpaired) electrons. The fraction of sp³-hybridized carbons (Fsp3) is 0.667. The van der Waals surface area contributed by atoms with Crippen LogP contribution in [0.25, 0.3) is 0 Å². The molecule has 2 heterocycles. The lowest BCUT2D eigenvalue weighted by molar-refractivity contribution is -0.127. The van der Waals surface area contributed by atoms with Gasteiger partial charge in [-0.15, -0.1) is 0 Å². The van der Waals surface area contributed by atoms with Crippen molar-refractivity contribution in [3.05, 3.63) is 23.9 Å². The number of nitrogens with zero attached hydrogens (tertiary/aromatic N) is 1. The van der Waals surface area contributed by atoms with Crippen LogP contribution in [0.5, 0.6) is 5.88 Å². The molecule has 1 amide bonds. The number of amides is 1. The van der Waals surface area contributed by atoms with Gasteiger partial charge >= 0.3 is 0 Å². The van der Waals surface area contributed by atoms with Gasteiger partial charge in [-0.25, -0.2) is 4.98 Å². The van der Waals surface area contributed by atoms with Gasteiger partial charge in [0.2, 0.25) is 11.8 Å². The number of carbonyl (C=O) groups is 1. The molecule has 2 aliphatic rings. The summed E-state index contributed by atoms with van der Waals surface area (Å²) in [5.41, 5.74) is 5.90. The van der Waals surface area contributed by atoms with Gasteiger partial charge in [0.15, 0.2) is 0 Å². The molecule has 1 aromatic heterocycles. The summed E-state index contributed by atoms with van der Waals surface area (Å²) >= 11 is 0. The van der Waals surface area contributed by atoms with Crippen molar-refractivity contribution in [3.8, 4) is 5.88 Å². The van der Waals surface area contributed by atoms with E-state index in [0.717, 1.165) is 12.2 Å². The lowest BCUT2D eigenvalue weighted by atomic mass is 9.74. The second kappa shape index (κ2) is 7.30. The molecule has 0 aromatic carbocycles. The molecular weight excluding hydrogens is 292 g/mol. The topological polar surface area (TPSA) is 74.4 Å². The van der Waals surface area contributed by atoms with Crippen molar-refractivity contribution >= 4 is 5.91 Å². The van der Waals surface area contributed by atoms with E-state index in [4.69, 9.17) is 15.2 Å². The van der Waals surface area contributed by atoms with Crippen LogP contribution >= 0.6 is 0 Å². The maximum Gasteiger partial charge on any atom is 0.228 e. The van der Waals surface area contributed by atoms with E-state index in [1.54, 1.807) is 6.20 Å². The Kier molecular flexibility index (Phi) is 5.16. The van der Waals surface area contributed by atoms with Crippen LogP contribution in [0.3, 0.4) is 0 Å². The van der Waals surface area contributed by atoms with Crippen LogP contribution in [-0.4, -0.2) is 30.7 Å². The van der Waals surface area contributed by atoms with E-state index in [1.165, 1.54) is 32.1 Å². The number of pyridine rings is 1. The SMILES string of the molecule is NC(=O)C1(c2ccc(OCC3CCCCC3)nc2)CCOCC1. The van der Waals surface area contributed by atoms with Gasteiger partial charge in [0.05, 0.1) is 12.0 Å². The van der Waals surface area contributed by atoms with Crippen LogP contribution in [0.4, 0.5) is 0 Å². The molecule has 0 spiro atoms. The highest BCUT2D eigenvalue weighted by molar-refractivity contribution is 5.86. The van der Waals surface area contributed by atoms with Crippen molar-refractivity contribution in [1.29, 1.82) is 0 Å². The summed E-state index contributed by atoms with van der Waals surface area (Å²) in [6.07, 6.45) is 9.45. The quantitative estimate of drug-likeness (QED) is 0.905. The van der Waals surface area contributed by atoms with Crippen molar-refractivity contribution in [3.63, 3.8) is 0 Å². The Morgan fingerprint density at radius 2 is 2.00 bits per heavy atom. The van der Waals surface area contributed by atoms with Crippen molar-refractivity contribution < 1.29 is 14.3 Å². The maximum absolute atomic E-state index is 12.0. The van der Waals surface area contributed by atoms with E-state index in [2.05, 4.69) is 4.98 Å². The zero-order valence-electron chi connectivity index (χ0n) is 13.6. The molecule has 0 unspecified atom stereocenters. The van der Waals surface area contributed by atoms with Gasteiger partial charge in [-0.3, -0.25) is 4.79 Å². The Morgan fingerprint density at radius 1 is 1.26 bits per heavy atom. The van der Waals surface area contributed by atoms with Gasteiger partial charge in [-0.2, -0.15) is 0 Å². The van der Waals surface area contributed by atoms with E-state index < -0.39 is 5.41 Å². The highest BCUT2D eigenvalue weighted by Crippen LogP contribution is 2.34. The van der Waals surface area contributed by atoms with Gasteiger partial charge < -0.3 is 15.2 Å². The van der Waals surface area contributed by atoms with Gasteiger partial charge in [0.25, 0.3) is 0 Å². The highest BCUT2D eigenvalue weighted by atomic mass is 16.5. The minimum Gasteiger partial charge on any atom is -0.477 e. The van der Waals surface area contributed by atoms with E-state index in [9.17, 15) is 4.79 Å². The first-order chi connectivity index (χ1) is 11.2. The second-order valence-electron chi connectivity index (χ2n) is 6.76. The molecule has 126 valence electrons. The molecule has 0 atom stereocenters. The van der Waals surface area contributed by atoms with Crippen LogP contribution in [0.1, 0.15) is 50.5 Å². The average molecular weight is 318 g/mol. The number of ether oxygens (including phenoxy) is 2. The van der Waals surface area contributed by atoms with Crippen molar-refractivity contribution in [2.24, 2.45) is 11.7 Å². The smallest absolute Gasteiger partial charge is 0.228 e. The van der Waals surface area contributed by atoms with E-state index in [1.807, 2.05) is 12.1 Å². The third-order valence-electron chi connectivity index (χ3n) is 5.30. The van der Waals surface area contributed by atoms with E-state index in [0.29, 0.717) is 37.9 Å². The number of rotatable bonds is 5. The molecule has 3 rings (SSSR count). The molecule has 2 N–H and O–H groups in total. The molecule has 1 aromatic rings. The standard InChI is InChI=1S/C18H26N2O3/c19-17(21)18(8-10-22-11-9-18)15-6-7-16(20-12-15)23-13-14-4-2-1-3-5-14/h6-7,12,14H,1-5,8-11,13H2,(H2,19,21). The summed E-state index contributed by atoms with van der Waals surface area (Å²) in [6, 6.07) is 3.79. The van der Waals surface area contributed by atoms with Crippen LogP contribution in [0.2, 0.25) is 0 Å². The first kappa shape index (κ1) is 16.2. The number of hydrogen-bond donors (Lipinski definition) is 1. The van der Waals surface area contributed by atoms with Crippen LogP contribution < -0.4 is 10.5 Å². The lowest BCUT2D eigenvalue weighted by Crippen LogP contribution is -2.45. The maximum atomic E-state index is 12.0. The molecule has 1 saturated carbocycles. The zero-order chi connectivity index (χ0) is 16.1. The van der Waals surface area contributed by atoms with Crippen molar-refractivity contribution in [1.82, 2.24) is 4.98 Å². The third-order valence-corrected chi connectivity index (χ3v) is 5.30. The predicted octanol–water partition coefficient (Wildman–Crippen LogP) is 2.57.